The van der Waals surface area contributed by atoms with Crippen LogP contribution in [0.1, 0.15) is 48.1 Å². The Morgan fingerprint density at radius 2 is 1.82 bits per heavy atom. The van der Waals surface area contributed by atoms with E-state index in [0.717, 1.165) is 30.3 Å². The Morgan fingerprint density at radius 1 is 1.08 bits per heavy atom. The molecule has 1 aliphatic heterocycles. The van der Waals surface area contributed by atoms with Crippen LogP contribution in [0.3, 0.4) is 0 Å². The van der Waals surface area contributed by atoms with Gasteiger partial charge in [-0.15, -0.1) is 0 Å². The number of aryl methyl sites for hydroxylation is 1. The number of rotatable bonds is 8. The van der Waals surface area contributed by atoms with E-state index in [1.165, 1.54) is 12.3 Å². The molecule has 2 heterocycles. The maximum atomic E-state index is 14.6. The Bertz CT molecular complexity index is 1480. The lowest BCUT2D eigenvalue weighted by Gasteiger charge is -2.30. The molecule has 0 spiro atoms. The van der Waals surface area contributed by atoms with Crippen LogP contribution in [0.15, 0.2) is 54.7 Å². The predicted octanol–water partition coefficient (Wildman–Crippen LogP) is 5.79. The summed E-state index contributed by atoms with van der Waals surface area (Å²) in [6.45, 7) is 3.27. The highest BCUT2D eigenvalue weighted by atomic mass is 32.2. The van der Waals surface area contributed by atoms with Crippen molar-refractivity contribution in [1.29, 1.82) is 0 Å². The van der Waals surface area contributed by atoms with E-state index in [0.29, 0.717) is 28.9 Å². The Balaban J connectivity index is 1.91. The van der Waals surface area contributed by atoms with Gasteiger partial charge in [0, 0.05) is 42.0 Å². The zero-order valence-electron chi connectivity index (χ0n) is 20.3. The van der Waals surface area contributed by atoms with E-state index in [1.54, 1.807) is 30.9 Å². The van der Waals surface area contributed by atoms with Gasteiger partial charge in [-0.3, -0.25) is 9.78 Å². The molecule has 6 nitrogen and oxygen atoms in total. The van der Waals surface area contributed by atoms with Gasteiger partial charge >= 0.3 is 15.6 Å². The third-order valence-corrected chi connectivity index (χ3v) is 7.32. The summed E-state index contributed by atoms with van der Waals surface area (Å²) in [5.41, 5.74) is -3.94. The fourth-order valence-electron chi connectivity index (χ4n) is 4.72. The standard InChI is InChI=1S/C26H23F5N2O4S/c1-3-5-23(34)25-24(19-6-4-11-32-15(19)2)20-13-18(37-38(35,36)26(29,30)31)8-10-22(20)33(25)14-16-12-17(27)7-9-21(16)28/h4,6-13,24-25H,3,5,14H2,1-2H3. The number of benzene rings is 2. The first kappa shape index (κ1) is 27.5. The zero-order chi connectivity index (χ0) is 27.8. The van der Waals surface area contributed by atoms with Crippen molar-refractivity contribution in [2.24, 2.45) is 0 Å². The molecule has 12 heteroatoms. The van der Waals surface area contributed by atoms with E-state index in [4.69, 9.17) is 0 Å². The van der Waals surface area contributed by atoms with Crippen molar-refractivity contribution < 1.29 is 39.3 Å². The zero-order valence-corrected chi connectivity index (χ0v) is 21.1. The number of pyridine rings is 1. The van der Waals surface area contributed by atoms with Crippen molar-refractivity contribution in [3.8, 4) is 5.75 Å². The van der Waals surface area contributed by atoms with Crippen molar-refractivity contribution in [2.45, 2.75) is 50.7 Å². The molecular weight excluding hydrogens is 531 g/mol. The van der Waals surface area contributed by atoms with Gasteiger partial charge in [0.1, 0.15) is 17.4 Å². The van der Waals surface area contributed by atoms with Gasteiger partial charge in [-0.2, -0.15) is 21.6 Å². The van der Waals surface area contributed by atoms with Crippen LogP contribution in [0.5, 0.6) is 5.75 Å². The van der Waals surface area contributed by atoms with Gasteiger partial charge < -0.3 is 9.08 Å². The summed E-state index contributed by atoms with van der Waals surface area (Å²) in [4.78, 5) is 19.3. The highest BCUT2D eigenvalue weighted by Crippen LogP contribution is 2.48. The number of ketones is 1. The monoisotopic (exact) mass is 554 g/mol. The largest absolute Gasteiger partial charge is 0.534 e. The first-order chi connectivity index (χ1) is 17.8. The molecular formula is C26H23F5N2O4S. The number of alkyl halides is 3. The van der Waals surface area contributed by atoms with E-state index in [1.807, 2.05) is 0 Å². The summed E-state index contributed by atoms with van der Waals surface area (Å²) in [5.74, 6) is -3.02. The number of nitrogens with zero attached hydrogens (tertiary/aromatic N) is 2. The molecule has 4 rings (SSSR count). The van der Waals surface area contributed by atoms with Crippen LogP contribution < -0.4 is 9.08 Å². The lowest BCUT2D eigenvalue weighted by Crippen LogP contribution is -2.41. The normalized spacial score (nSPS) is 17.4. The molecule has 0 fully saturated rings. The van der Waals surface area contributed by atoms with Gasteiger partial charge in [0.2, 0.25) is 0 Å². The second-order valence-electron chi connectivity index (χ2n) is 8.88. The SMILES string of the molecule is CCCC(=O)C1C(c2cccnc2C)c2cc(OS(=O)(=O)C(F)(F)F)ccc2N1Cc1cc(F)ccc1F. The first-order valence-electron chi connectivity index (χ1n) is 11.6. The summed E-state index contributed by atoms with van der Waals surface area (Å²) in [6, 6.07) is 8.78. The summed E-state index contributed by atoms with van der Waals surface area (Å²) in [5, 5.41) is 0. The van der Waals surface area contributed by atoms with Gasteiger partial charge in [-0.1, -0.05) is 13.0 Å². The van der Waals surface area contributed by atoms with Crippen LogP contribution in [-0.4, -0.2) is 30.7 Å². The van der Waals surface area contributed by atoms with Crippen LogP contribution in [0.2, 0.25) is 0 Å². The maximum absolute atomic E-state index is 14.6. The minimum atomic E-state index is -5.95. The fraction of sp³-hybridized carbons (Fsp3) is 0.308. The third kappa shape index (κ3) is 5.22. The van der Waals surface area contributed by atoms with Gasteiger partial charge in [0.25, 0.3) is 0 Å². The summed E-state index contributed by atoms with van der Waals surface area (Å²) < 4.78 is 95.2. The number of aromatic nitrogens is 1. The Morgan fingerprint density at radius 3 is 2.47 bits per heavy atom. The molecule has 0 aliphatic carbocycles. The van der Waals surface area contributed by atoms with Crippen LogP contribution in [0.25, 0.3) is 0 Å². The molecule has 0 saturated carbocycles. The van der Waals surface area contributed by atoms with Crippen molar-refractivity contribution in [3.63, 3.8) is 0 Å². The average Bonchev–Trinajstić information content (AvgIpc) is 3.14. The van der Waals surface area contributed by atoms with Gasteiger partial charge in [0.15, 0.2) is 5.78 Å². The molecule has 1 aromatic heterocycles. The fourth-order valence-corrected chi connectivity index (χ4v) is 5.17. The Hall–Kier alpha value is -3.54. The quantitative estimate of drug-likeness (QED) is 0.200. The highest BCUT2D eigenvalue weighted by molar-refractivity contribution is 7.88. The van der Waals surface area contributed by atoms with Gasteiger partial charge in [-0.25, -0.2) is 8.78 Å². The molecule has 0 radical (unpaired) electrons. The highest BCUT2D eigenvalue weighted by Gasteiger charge is 2.49. The molecule has 0 amide bonds. The number of anilines is 1. The Kier molecular flexibility index (Phi) is 7.46. The van der Waals surface area contributed by atoms with Gasteiger partial charge in [0.05, 0.1) is 6.04 Å². The summed E-state index contributed by atoms with van der Waals surface area (Å²) >= 11 is 0. The smallest absolute Gasteiger partial charge is 0.376 e. The lowest BCUT2D eigenvalue weighted by atomic mass is 9.84. The molecule has 202 valence electrons. The van der Waals surface area contributed by atoms with Crippen LogP contribution in [-0.2, 0) is 21.5 Å². The molecule has 2 unspecified atom stereocenters. The second kappa shape index (κ2) is 10.3. The topological polar surface area (TPSA) is 76.6 Å². The molecule has 2 atom stereocenters. The number of Topliss-reactive ketones (excluding diaryl/α,β-unsaturated/α-hetero) is 1. The molecule has 3 aromatic rings. The number of hydrogen-bond donors (Lipinski definition) is 0. The number of halogens is 5. The van der Waals surface area contributed by atoms with E-state index in [9.17, 15) is 35.2 Å². The molecule has 0 bridgehead atoms. The van der Waals surface area contributed by atoms with E-state index >= 15 is 0 Å². The number of hydrogen-bond acceptors (Lipinski definition) is 6. The third-order valence-electron chi connectivity index (χ3n) is 6.34. The van der Waals surface area contributed by atoms with E-state index in [2.05, 4.69) is 9.17 Å². The molecule has 0 saturated heterocycles. The summed E-state index contributed by atoms with van der Waals surface area (Å²) in [6.07, 6.45) is 2.17. The number of fused-ring (bicyclic) bond motifs is 1. The van der Waals surface area contributed by atoms with Crippen molar-refractivity contribution >= 4 is 21.6 Å². The van der Waals surface area contributed by atoms with E-state index in [-0.39, 0.29) is 24.3 Å². The minimum Gasteiger partial charge on any atom is -0.376 e. The Labute approximate surface area is 216 Å². The molecule has 38 heavy (non-hydrogen) atoms. The van der Waals surface area contributed by atoms with E-state index < -0.39 is 45.0 Å². The van der Waals surface area contributed by atoms with Crippen LogP contribution in [0.4, 0.5) is 27.6 Å². The molecule has 0 N–H and O–H groups in total. The minimum absolute atomic E-state index is 0.0335. The molecule has 2 aromatic carbocycles. The lowest BCUT2D eigenvalue weighted by molar-refractivity contribution is -0.120. The van der Waals surface area contributed by atoms with Crippen LogP contribution >= 0.6 is 0 Å². The van der Waals surface area contributed by atoms with Crippen molar-refractivity contribution in [2.75, 3.05) is 4.90 Å². The maximum Gasteiger partial charge on any atom is 0.534 e. The predicted molar refractivity (Wildman–Crippen MR) is 129 cm³/mol. The first-order valence-corrected chi connectivity index (χ1v) is 13.0. The van der Waals surface area contributed by atoms with Crippen LogP contribution in [0, 0.1) is 18.6 Å². The van der Waals surface area contributed by atoms with Crippen molar-refractivity contribution in [1.82, 2.24) is 4.98 Å². The summed E-state index contributed by atoms with van der Waals surface area (Å²) in [7, 11) is -5.95. The second-order valence-corrected chi connectivity index (χ2v) is 10.4. The number of carbonyl (C=O) groups is 1. The molecule has 1 aliphatic rings. The van der Waals surface area contributed by atoms with Gasteiger partial charge in [-0.05, 0) is 66.9 Å². The van der Waals surface area contributed by atoms with Crippen molar-refractivity contribution in [3.05, 3.63) is 88.7 Å². The average molecular weight is 555 g/mol. The number of carbonyl (C=O) groups excluding carboxylic acids is 1.